The quantitative estimate of drug-likeness (QED) is 0.839. The van der Waals surface area contributed by atoms with Gasteiger partial charge in [-0.2, -0.15) is 13.2 Å². The van der Waals surface area contributed by atoms with Gasteiger partial charge in [-0.1, -0.05) is 17.9 Å². The molecule has 0 radical (unpaired) electrons. The lowest BCUT2D eigenvalue weighted by Crippen LogP contribution is -2.23. The average Bonchev–Trinajstić information content (AvgIpc) is 2.58. The molecule has 2 aromatic rings. The molecule has 0 atom stereocenters. The highest BCUT2D eigenvalue weighted by Gasteiger charge is 2.30. The summed E-state index contributed by atoms with van der Waals surface area (Å²) in [4.78, 5) is 22.8. The van der Waals surface area contributed by atoms with E-state index in [9.17, 15) is 22.8 Å². The molecule has 0 heterocycles. The second-order valence-electron chi connectivity index (χ2n) is 5.00. The van der Waals surface area contributed by atoms with Crippen molar-refractivity contribution in [3.63, 3.8) is 0 Å². The number of hydrogen-bond acceptors (Lipinski definition) is 2. The van der Waals surface area contributed by atoms with Gasteiger partial charge < -0.3 is 11.1 Å². The molecule has 2 rings (SSSR count). The molecule has 25 heavy (non-hydrogen) atoms. The van der Waals surface area contributed by atoms with Crippen LogP contribution < -0.4 is 11.1 Å². The summed E-state index contributed by atoms with van der Waals surface area (Å²) >= 11 is 0. The number of benzene rings is 2. The van der Waals surface area contributed by atoms with Crippen molar-refractivity contribution in [1.82, 2.24) is 5.32 Å². The Morgan fingerprint density at radius 2 is 1.68 bits per heavy atom. The van der Waals surface area contributed by atoms with Gasteiger partial charge in [0.1, 0.15) is 0 Å². The number of primary amides is 1. The van der Waals surface area contributed by atoms with Gasteiger partial charge in [0.05, 0.1) is 12.1 Å². The zero-order valence-electron chi connectivity index (χ0n) is 12.9. The Labute approximate surface area is 141 Å². The van der Waals surface area contributed by atoms with E-state index in [0.717, 1.165) is 12.1 Å². The van der Waals surface area contributed by atoms with Crippen molar-refractivity contribution in [2.75, 3.05) is 6.54 Å². The van der Waals surface area contributed by atoms with Crippen LogP contribution in [-0.4, -0.2) is 18.4 Å². The summed E-state index contributed by atoms with van der Waals surface area (Å²) in [6.07, 6.45) is -4.43. The highest BCUT2D eigenvalue weighted by molar-refractivity contribution is 5.97. The minimum Gasteiger partial charge on any atom is -0.366 e. The molecule has 0 aliphatic carbocycles. The van der Waals surface area contributed by atoms with Gasteiger partial charge in [0.25, 0.3) is 5.91 Å². The number of rotatable bonds is 3. The Bertz CT molecular complexity index is 847. The minimum atomic E-state index is -4.43. The van der Waals surface area contributed by atoms with Gasteiger partial charge in [-0.3, -0.25) is 9.59 Å². The maximum atomic E-state index is 12.6. The lowest BCUT2D eigenvalue weighted by Gasteiger charge is -2.05. The van der Waals surface area contributed by atoms with Crippen LogP contribution in [-0.2, 0) is 6.18 Å². The molecule has 2 amide bonds. The fourth-order valence-corrected chi connectivity index (χ4v) is 1.93. The summed E-state index contributed by atoms with van der Waals surface area (Å²) in [5, 5.41) is 2.51. The second-order valence-corrected chi connectivity index (χ2v) is 5.00. The van der Waals surface area contributed by atoms with E-state index < -0.39 is 23.6 Å². The zero-order valence-corrected chi connectivity index (χ0v) is 12.9. The minimum absolute atomic E-state index is 0.0351. The molecule has 0 fully saturated rings. The molecule has 0 aliphatic heterocycles. The van der Waals surface area contributed by atoms with Crippen LogP contribution in [0.1, 0.15) is 31.8 Å². The molecule has 0 aromatic heterocycles. The normalized spacial score (nSPS) is 10.5. The number of alkyl halides is 3. The molecule has 4 nitrogen and oxygen atoms in total. The van der Waals surface area contributed by atoms with Gasteiger partial charge in [-0.15, -0.1) is 0 Å². The van der Waals surface area contributed by atoms with E-state index in [1.807, 2.05) is 0 Å². The van der Waals surface area contributed by atoms with Crippen molar-refractivity contribution in [2.45, 2.75) is 6.18 Å². The number of nitrogens with two attached hydrogens (primary N) is 1. The predicted octanol–water partition coefficient (Wildman–Crippen LogP) is 2.59. The van der Waals surface area contributed by atoms with Crippen LogP contribution in [0, 0.1) is 11.8 Å². The Morgan fingerprint density at radius 1 is 1.04 bits per heavy atom. The van der Waals surface area contributed by atoms with Crippen molar-refractivity contribution in [2.24, 2.45) is 5.73 Å². The number of nitrogens with one attached hydrogen (secondary N) is 1. The summed E-state index contributed by atoms with van der Waals surface area (Å²) in [5.74, 6) is 4.13. The molecule has 0 unspecified atom stereocenters. The van der Waals surface area contributed by atoms with Gasteiger partial charge in [-0.05, 0) is 42.5 Å². The lowest BCUT2D eigenvalue weighted by atomic mass is 10.1. The van der Waals surface area contributed by atoms with E-state index in [4.69, 9.17) is 5.73 Å². The van der Waals surface area contributed by atoms with Crippen molar-refractivity contribution in [3.8, 4) is 11.8 Å². The Kier molecular flexibility index (Phi) is 5.45. The molecule has 2 aromatic carbocycles. The van der Waals surface area contributed by atoms with E-state index in [1.165, 1.54) is 36.4 Å². The molecule has 0 spiro atoms. The van der Waals surface area contributed by atoms with Crippen LogP contribution in [0.4, 0.5) is 13.2 Å². The maximum Gasteiger partial charge on any atom is 0.416 e. The second kappa shape index (κ2) is 7.53. The highest BCUT2D eigenvalue weighted by atomic mass is 19.4. The Balaban J connectivity index is 1.96. The summed E-state index contributed by atoms with van der Waals surface area (Å²) in [5.41, 5.74) is 5.12. The van der Waals surface area contributed by atoms with Crippen molar-refractivity contribution in [3.05, 3.63) is 70.8 Å². The fraction of sp³-hybridized carbons (Fsp3) is 0.111. The molecule has 0 saturated carbocycles. The van der Waals surface area contributed by atoms with Crippen molar-refractivity contribution < 1.29 is 22.8 Å². The molecule has 0 saturated heterocycles. The van der Waals surface area contributed by atoms with E-state index in [-0.39, 0.29) is 17.7 Å². The number of carbonyl (C=O) groups is 2. The molecular formula is C18H13F3N2O2. The summed E-state index contributed by atoms with van der Waals surface area (Å²) in [6.45, 7) is -0.0351. The number of carbonyl (C=O) groups excluding carboxylic acids is 2. The van der Waals surface area contributed by atoms with Crippen LogP contribution in [0.2, 0.25) is 0 Å². The summed E-state index contributed by atoms with van der Waals surface area (Å²) < 4.78 is 37.8. The van der Waals surface area contributed by atoms with Gasteiger partial charge in [0.15, 0.2) is 0 Å². The first kappa shape index (κ1) is 18.1. The molecule has 128 valence electrons. The summed E-state index contributed by atoms with van der Waals surface area (Å²) in [7, 11) is 0. The first-order valence-corrected chi connectivity index (χ1v) is 7.11. The molecule has 0 bridgehead atoms. The third-order valence-corrected chi connectivity index (χ3v) is 3.19. The number of amides is 2. The van der Waals surface area contributed by atoms with E-state index in [0.29, 0.717) is 5.56 Å². The van der Waals surface area contributed by atoms with E-state index >= 15 is 0 Å². The van der Waals surface area contributed by atoms with Crippen LogP contribution >= 0.6 is 0 Å². The SMILES string of the molecule is NC(=O)c1ccc(C(=O)NCC#Cc2cccc(C(F)(F)F)c2)cc1. The largest absolute Gasteiger partial charge is 0.416 e. The van der Waals surface area contributed by atoms with E-state index in [1.54, 1.807) is 0 Å². The summed E-state index contributed by atoms with van der Waals surface area (Å²) in [6, 6.07) is 10.3. The first-order valence-electron chi connectivity index (χ1n) is 7.11. The van der Waals surface area contributed by atoms with Gasteiger partial charge >= 0.3 is 6.18 Å². The van der Waals surface area contributed by atoms with Gasteiger partial charge in [0.2, 0.25) is 5.91 Å². The standard InChI is InChI=1S/C18H13F3N2O2/c19-18(20,21)15-5-1-3-12(11-15)4-2-10-23-17(25)14-8-6-13(7-9-14)16(22)24/h1,3,5-9,11H,10H2,(H2,22,24)(H,23,25). The fourth-order valence-electron chi connectivity index (χ4n) is 1.93. The highest BCUT2D eigenvalue weighted by Crippen LogP contribution is 2.29. The van der Waals surface area contributed by atoms with Crippen LogP contribution in [0.25, 0.3) is 0 Å². The third kappa shape index (κ3) is 5.11. The average molecular weight is 346 g/mol. The first-order chi connectivity index (χ1) is 11.8. The molecule has 7 heteroatoms. The van der Waals surface area contributed by atoms with Crippen LogP contribution in [0.5, 0.6) is 0 Å². The van der Waals surface area contributed by atoms with Crippen molar-refractivity contribution in [1.29, 1.82) is 0 Å². The third-order valence-electron chi connectivity index (χ3n) is 3.19. The molecule has 3 N–H and O–H groups in total. The topological polar surface area (TPSA) is 72.2 Å². The van der Waals surface area contributed by atoms with Gasteiger partial charge in [-0.25, -0.2) is 0 Å². The maximum absolute atomic E-state index is 12.6. The van der Waals surface area contributed by atoms with Crippen LogP contribution in [0.3, 0.4) is 0 Å². The number of halogens is 3. The van der Waals surface area contributed by atoms with Crippen molar-refractivity contribution >= 4 is 11.8 Å². The smallest absolute Gasteiger partial charge is 0.366 e. The van der Waals surface area contributed by atoms with Crippen LogP contribution in [0.15, 0.2) is 48.5 Å². The lowest BCUT2D eigenvalue weighted by molar-refractivity contribution is -0.137. The Hall–Kier alpha value is -3.27. The predicted molar refractivity (Wildman–Crippen MR) is 85.6 cm³/mol. The monoisotopic (exact) mass is 346 g/mol. The Morgan fingerprint density at radius 3 is 2.28 bits per heavy atom. The molecule has 0 aliphatic rings. The number of hydrogen-bond donors (Lipinski definition) is 2. The van der Waals surface area contributed by atoms with Gasteiger partial charge in [0, 0.05) is 16.7 Å². The van der Waals surface area contributed by atoms with E-state index in [2.05, 4.69) is 17.2 Å². The molecular weight excluding hydrogens is 333 g/mol. The zero-order chi connectivity index (χ0) is 18.4.